The number of thiophene rings is 1. The van der Waals surface area contributed by atoms with Crippen molar-refractivity contribution in [1.82, 2.24) is 0 Å². The van der Waals surface area contributed by atoms with Crippen LogP contribution in [0.15, 0.2) is 45.1 Å². The van der Waals surface area contributed by atoms with E-state index in [1.54, 1.807) is 23.5 Å². The minimum absolute atomic E-state index is 0.0856. The zero-order valence-corrected chi connectivity index (χ0v) is 14.2. The van der Waals surface area contributed by atoms with Gasteiger partial charge in [-0.1, -0.05) is 28.1 Å². The second-order valence-electron chi connectivity index (χ2n) is 3.85. The third-order valence-corrected chi connectivity index (χ3v) is 6.59. The van der Waals surface area contributed by atoms with Crippen LogP contribution in [0.3, 0.4) is 0 Å². The number of rotatable bonds is 3. The van der Waals surface area contributed by atoms with Crippen LogP contribution < -0.4 is 0 Å². The van der Waals surface area contributed by atoms with Gasteiger partial charge in [-0.15, -0.1) is 11.3 Å². The van der Waals surface area contributed by atoms with Gasteiger partial charge < -0.3 is 0 Å². The van der Waals surface area contributed by atoms with Gasteiger partial charge in [0.2, 0.25) is 0 Å². The molecule has 0 radical (unpaired) electrons. The van der Waals surface area contributed by atoms with Crippen LogP contribution in [0.1, 0.15) is 15.3 Å². The highest BCUT2D eigenvalue weighted by Crippen LogP contribution is 2.37. The van der Waals surface area contributed by atoms with Crippen molar-refractivity contribution < 1.29 is 8.42 Å². The van der Waals surface area contributed by atoms with Gasteiger partial charge in [0.05, 0.1) is 13.5 Å². The number of halogens is 2. The Balaban J connectivity index is 2.30. The smallest absolute Gasteiger partial charge is 0.175 e. The molecule has 1 aromatic carbocycles. The molecule has 0 bridgehead atoms. The topological polar surface area (TPSA) is 34.1 Å². The summed E-state index contributed by atoms with van der Waals surface area (Å²) in [6.07, 6.45) is 1.21. The van der Waals surface area contributed by atoms with Crippen LogP contribution in [0.25, 0.3) is 0 Å². The van der Waals surface area contributed by atoms with E-state index in [1.165, 1.54) is 11.1 Å². The van der Waals surface area contributed by atoms with E-state index in [9.17, 15) is 8.42 Å². The van der Waals surface area contributed by atoms with Crippen molar-refractivity contribution in [2.45, 2.75) is 9.72 Å². The van der Waals surface area contributed by atoms with Crippen molar-refractivity contribution in [2.75, 3.05) is 6.26 Å². The van der Waals surface area contributed by atoms with Crippen LogP contribution in [0.4, 0.5) is 0 Å². The molecule has 0 fully saturated rings. The van der Waals surface area contributed by atoms with E-state index in [4.69, 9.17) is 0 Å². The maximum Gasteiger partial charge on any atom is 0.175 e. The average molecular weight is 410 g/mol. The van der Waals surface area contributed by atoms with Crippen LogP contribution in [-0.2, 0) is 9.84 Å². The molecule has 0 saturated heterocycles. The van der Waals surface area contributed by atoms with Crippen molar-refractivity contribution in [3.63, 3.8) is 0 Å². The van der Waals surface area contributed by atoms with Crippen molar-refractivity contribution in [3.05, 3.63) is 50.6 Å². The molecule has 2 nitrogen and oxygen atoms in total. The minimum atomic E-state index is -3.13. The average Bonchev–Trinajstić information content (AvgIpc) is 2.74. The van der Waals surface area contributed by atoms with E-state index in [2.05, 4.69) is 31.9 Å². The van der Waals surface area contributed by atoms with Crippen molar-refractivity contribution >= 4 is 53.0 Å². The Morgan fingerprint density at radius 3 is 2.17 bits per heavy atom. The summed E-state index contributed by atoms with van der Waals surface area (Å²) >= 11 is 8.70. The molecular formula is C12H10Br2O2S2. The normalized spacial score (nSPS) is 13.5. The molecule has 0 aliphatic carbocycles. The monoisotopic (exact) mass is 408 g/mol. The summed E-state index contributed by atoms with van der Waals surface area (Å²) in [6.45, 7) is 0. The first kappa shape index (κ1) is 14.2. The summed E-state index contributed by atoms with van der Waals surface area (Å²) in [5, 5.41) is 0. The number of benzene rings is 1. The summed E-state index contributed by atoms with van der Waals surface area (Å²) in [6, 6.07) is 11.0. The highest BCUT2D eigenvalue weighted by molar-refractivity contribution is 9.11. The standard InChI is InChI=1S/C12H10Br2O2S2/c1-18(15,16)9-4-2-8(3-5-9)12(14)10-6-7-11(13)17-10/h2-7,12H,1H3. The Morgan fingerprint density at radius 2 is 1.72 bits per heavy atom. The number of sulfone groups is 1. The summed E-state index contributed by atoms with van der Waals surface area (Å²) in [7, 11) is -3.13. The lowest BCUT2D eigenvalue weighted by Crippen LogP contribution is -1.97. The van der Waals surface area contributed by atoms with Gasteiger partial charge >= 0.3 is 0 Å². The van der Waals surface area contributed by atoms with Crippen molar-refractivity contribution in [2.24, 2.45) is 0 Å². The van der Waals surface area contributed by atoms with Crippen molar-refractivity contribution in [3.8, 4) is 0 Å². The molecule has 18 heavy (non-hydrogen) atoms. The molecule has 1 aromatic heterocycles. The highest BCUT2D eigenvalue weighted by Gasteiger charge is 2.14. The third-order valence-electron chi connectivity index (χ3n) is 2.44. The van der Waals surface area contributed by atoms with Crippen LogP contribution >= 0.6 is 43.2 Å². The zero-order valence-electron chi connectivity index (χ0n) is 9.43. The molecule has 2 rings (SSSR count). The van der Waals surface area contributed by atoms with Gasteiger partial charge in [-0.2, -0.15) is 0 Å². The maximum atomic E-state index is 11.4. The van der Waals surface area contributed by atoms with E-state index in [0.29, 0.717) is 4.90 Å². The van der Waals surface area contributed by atoms with E-state index in [-0.39, 0.29) is 4.83 Å². The molecule has 96 valence electrons. The van der Waals surface area contributed by atoms with Gasteiger partial charge in [0.1, 0.15) is 0 Å². The molecule has 0 amide bonds. The first-order chi connectivity index (χ1) is 8.38. The van der Waals surface area contributed by atoms with Crippen LogP contribution in [0, 0.1) is 0 Å². The van der Waals surface area contributed by atoms with Crippen LogP contribution in [0.5, 0.6) is 0 Å². The summed E-state index contributed by atoms with van der Waals surface area (Å²) in [5.41, 5.74) is 1.04. The number of hydrogen-bond acceptors (Lipinski definition) is 3. The molecule has 0 spiro atoms. The Labute approximate surface area is 127 Å². The second kappa shape index (κ2) is 5.45. The van der Waals surface area contributed by atoms with E-state index in [0.717, 1.165) is 9.35 Å². The fourth-order valence-corrected chi connectivity index (χ4v) is 4.31. The van der Waals surface area contributed by atoms with Crippen LogP contribution in [0.2, 0.25) is 0 Å². The van der Waals surface area contributed by atoms with Crippen molar-refractivity contribution in [1.29, 1.82) is 0 Å². The van der Waals surface area contributed by atoms with E-state index >= 15 is 0 Å². The lowest BCUT2D eigenvalue weighted by Gasteiger charge is -2.08. The zero-order chi connectivity index (χ0) is 13.3. The maximum absolute atomic E-state index is 11.4. The fraction of sp³-hybridized carbons (Fsp3) is 0.167. The highest BCUT2D eigenvalue weighted by atomic mass is 79.9. The Kier molecular flexibility index (Phi) is 4.31. The van der Waals surface area contributed by atoms with Crippen LogP contribution in [-0.4, -0.2) is 14.7 Å². The summed E-state index contributed by atoms with van der Waals surface area (Å²) in [4.78, 5) is 1.61. The molecule has 0 saturated carbocycles. The minimum Gasteiger partial charge on any atom is -0.224 e. The first-order valence-electron chi connectivity index (χ1n) is 5.07. The van der Waals surface area contributed by atoms with Gasteiger partial charge in [0.15, 0.2) is 9.84 Å². The van der Waals surface area contributed by atoms with Gasteiger partial charge in [-0.3, -0.25) is 0 Å². The molecule has 0 aliphatic heterocycles. The third kappa shape index (κ3) is 3.23. The molecule has 0 N–H and O–H groups in total. The molecule has 2 aromatic rings. The summed E-state index contributed by atoms with van der Waals surface area (Å²) in [5.74, 6) is 0. The first-order valence-corrected chi connectivity index (χ1v) is 9.49. The molecule has 1 atom stereocenters. The lowest BCUT2D eigenvalue weighted by atomic mass is 10.1. The quantitative estimate of drug-likeness (QED) is 0.704. The second-order valence-corrected chi connectivity index (χ2v) is 9.27. The Morgan fingerprint density at radius 1 is 1.11 bits per heavy atom. The largest absolute Gasteiger partial charge is 0.224 e. The summed E-state index contributed by atoms with van der Waals surface area (Å²) < 4.78 is 23.8. The Bertz CT molecular complexity index is 645. The SMILES string of the molecule is CS(=O)(=O)c1ccc(C(Br)c2ccc(Br)s2)cc1. The molecular weight excluding hydrogens is 400 g/mol. The predicted octanol–water partition coefficient (Wildman–Crippen LogP) is 4.40. The molecule has 6 heteroatoms. The predicted molar refractivity (Wildman–Crippen MR) is 82.3 cm³/mol. The van der Waals surface area contributed by atoms with Gasteiger partial charge in [0.25, 0.3) is 0 Å². The van der Waals surface area contributed by atoms with E-state index < -0.39 is 9.84 Å². The van der Waals surface area contributed by atoms with Gasteiger partial charge in [0, 0.05) is 11.1 Å². The van der Waals surface area contributed by atoms with Gasteiger partial charge in [-0.05, 0) is 45.8 Å². The van der Waals surface area contributed by atoms with Gasteiger partial charge in [-0.25, -0.2) is 8.42 Å². The van der Waals surface area contributed by atoms with E-state index in [1.807, 2.05) is 24.3 Å². The molecule has 1 heterocycles. The molecule has 1 unspecified atom stereocenters. The Hall–Kier alpha value is -0.170. The fourth-order valence-electron chi connectivity index (χ4n) is 1.51. The molecule has 0 aliphatic rings. The number of hydrogen-bond donors (Lipinski definition) is 0. The lowest BCUT2D eigenvalue weighted by molar-refractivity contribution is 0.602. The number of alkyl halides is 1.